The lowest BCUT2D eigenvalue weighted by Crippen LogP contribution is -2.46. The fourth-order valence-electron chi connectivity index (χ4n) is 1.98. The normalized spacial score (nSPS) is 18.6. The lowest BCUT2D eigenvalue weighted by atomic mass is 10.3. The molecule has 1 saturated heterocycles. The Kier molecular flexibility index (Phi) is 6.42. The zero-order valence-corrected chi connectivity index (χ0v) is 10.7. The molecule has 1 heterocycles. The van der Waals surface area contributed by atoms with Gasteiger partial charge in [-0.25, -0.2) is 0 Å². The molecule has 1 N–H and O–H groups in total. The van der Waals surface area contributed by atoms with Crippen molar-refractivity contribution in [3.05, 3.63) is 0 Å². The second-order valence-corrected chi connectivity index (χ2v) is 4.33. The molecule has 1 amide bonds. The predicted octanol–water partition coefficient (Wildman–Crippen LogP) is 0.540. The van der Waals surface area contributed by atoms with E-state index in [2.05, 4.69) is 22.0 Å². The molecule has 0 aromatic rings. The minimum atomic E-state index is 0.163. The SMILES string of the molecule is CCC(=O)NCCCN1CCN(CC)CC1. The zero-order chi connectivity index (χ0) is 11.8. The number of hydrogen-bond donors (Lipinski definition) is 1. The Balaban J connectivity index is 2.00. The van der Waals surface area contributed by atoms with E-state index in [4.69, 9.17) is 0 Å². The largest absolute Gasteiger partial charge is 0.356 e. The summed E-state index contributed by atoms with van der Waals surface area (Å²) in [5.41, 5.74) is 0. The number of nitrogens with one attached hydrogen (secondary N) is 1. The highest BCUT2D eigenvalue weighted by Gasteiger charge is 2.14. The number of piperazine rings is 1. The average Bonchev–Trinajstić information content (AvgIpc) is 2.35. The van der Waals surface area contributed by atoms with Crippen molar-refractivity contribution in [2.45, 2.75) is 26.7 Å². The third kappa shape index (κ3) is 4.94. The van der Waals surface area contributed by atoms with E-state index in [9.17, 15) is 4.79 Å². The summed E-state index contributed by atoms with van der Waals surface area (Å²) in [6.45, 7) is 11.9. The molecule has 16 heavy (non-hydrogen) atoms. The Morgan fingerprint density at radius 3 is 2.31 bits per heavy atom. The van der Waals surface area contributed by atoms with Crippen LogP contribution in [0.1, 0.15) is 26.7 Å². The van der Waals surface area contributed by atoms with Gasteiger partial charge >= 0.3 is 0 Å². The van der Waals surface area contributed by atoms with Gasteiger partial charge in [0.05, 0.1) is 0 Å². The quantitative estimate of drug-likeness (QED) is 0.673. The first-order chi connectivity index (χ1) is 7.76. The van der Waals surface area contributed by atoms with Crippen molar-refractivity contribution in [3.63, 3.8) is 0 Å². The first-order valence-corrected chi connectivity index (χ1v) is 6.47. The van der Waals surface area contributed by atoms with Crippen LogP contribution in [0.2, 0.25) is 0 Å². The van der Waals surface area contributed by atoms with Crippen LogP contribution >= 0.6 is 0 Å². The summed E-state index contributed by atoms with van der Waals surface area (Å²) >= 11 is 0. The van der Waals surface area contributed by atoms with E-state index in [1.807, 2.05) is 6.92 Å². The summed E-state index contributed by atoms with van der Waals surface area (Å²) in [6.07, 6.45) is 1.66. The molecule has 0 spiro atoms. The summed E-state index contributed by atoms with van der Waals surface area (Å²) in [4.78, 5) is 16.0. The molecule has 0 bridgehead atoms. The molecule has 0 saturated carbocycles. The van der Waals surface area contributed by atoms with Crippen molar-refractivity contribution in [2.75, 3.05) is 45.8 Å². The molecule has 0 unspecified atom stereocenters. The Labute approximate surface area is 99.0 Å². The smallest absolute Gasteiger partial charge is 0.219 e. The standard InChI is InChI=1S/C12H25N3O/c1-3-12(16)13-6-5-7-15-10-8-14(4-2)9-11-15/h3-11H2,1-2H3,(H,13,16). The molecule has 4 nitrogen and oxygen atoms in total. The minimum Gasteiger partial charge on any atom is -0.356 e. The van der Waals surface area contributed by atoms with Gasteiger partial charge in [0.15, 0.2) is 0 Å². The molecule has 1 aliphatic heterocycles. The fourth-order valence-corrected chi connectivity index (χ4v) is 1.98. The number of hydrogen-bond acceptors (Lipinski definition) is 3. The molecule has 1 rings (SSSR count). The van der Waals surface area contributed by atoms with Crippen LogP contribution in [0.25, 0.3) is 0 Å². The van der Waals surface area contributed by atoms with Gasteiger partial charge in [-0.3, -0.25) is 4.79 Å². The highest BCUT2D eigenvalue weighted by molar-refractivity contribution is 5.75. The topological polar surface area (TPSA) is 35.6 Å². The summed E-state index contributed by atoms with van der Waals surface area (Å²) < 4.78 is 0. The Hall–Kier alpha value is -0.610. The van der Waals surface area contributed by atoms with Crippen LogP contribution in [0.15, 0.2) is 0 Å². The number of likely N-dealkylation sites (N-methyl/N-ethyl adjacent to an activating group) is 1. The van der Waals surface area contributed by atoms with E-state index in [1.165, 1.54) is 32.7 Å². The van der Waals surface area contributed by atoms with Gasteiger partial charge in [-0.05, 0) is 19.5 Å². The van der Waals surface area contributed by atoms with E-state index in [1.54, 1.807) is 0 Å². The Bertz CT molecular complexity index is 200. The molecular formula is C12H25N3O. The predicted molar refractivity (Wildman–Crippen MR) is 66.5 cm³/mol. The summed E-state index contributed by atoms with van der Waals surface area (Å²) in [6, 6.07) is 0. The van der Waals surface area contributed by atoms with Crippen molar-refractivity contribution in [1.82, 2.24) is 15.1 Å². The van der Waals surface area contributed by atoms with Crippen LogP contribution in [-0.2, 0) is 4.79 Å². The molecule has 0 atom stereocenters. The van der Waals surface area contributed by atoms with Crippen molar-refractivity contribution < 1.29 is 4.79 Å². The van der Waals surface area contributed by atoms with Gasteiger partial charge in [0.1, 0.15) is 0 Å². The minimum absolute atomic E-state index is 0.163. The molecule has 0 radical (unpaired) electrons. The molecule has 0 aromatic carbocycles. The molecule has 0 aromatic heterocycles. The summed E-state index contributed by atoms with van der Waals surface area (Å²) in [5, 5.41) is 2.92. The van der Waals surface area contributed by atoms with Crippen LogP contribution < -0.4 is 5.32 Å². The molecule has 0 aliphatic carbocycles. The van der Waals surface area contributed by atoms with Gasteiger partial charge in [0.2, 0.25) is 5.91 Å². The van der Waals surface area contributed by atoms with E-state index in [0.717, 1.165) is 19.5 Å². The van der Waals surface area contributed by atoms with Crippen LogP contribution in [0.5, 0.6) is 0 Å². The van der Waals surface area contributed by atoms with E-state index in [-0.39, 0.29) is 5.91 Å². The first-order valence-electron chi connectivity index (χ1n) is 6.47. The van der Waals surface area contributed by atoms with Crippen molar-refractivity contribution in [3.8, 4) is 0 Å². The number of carbonyl (C=O) groups excluding carboxylic acids is 1. The van der Waals surface area contributed by atoms with Gasteiger partial charge in [0.25, 0.3) is 0 Å². The maximum absolute atomic E-state index is 11.0. The van der Waals surface area contributed by atoms with Crippen molar-refractivity contribution in [1.29, 1.82) is 0 Å². The van der Waals surface area contributed by atoms with Crippen molar-refractivity contribution >= 4 is 5.91 Å². The van der Waals surface area contributed by atoms with Gasteiger partial charge in [-0.2, -0.15) is 0 Å². The first kappa shape index (κ1) is 13.5. The Morgan fingerprint density at radius 2 is 1.75 bits per heavy atom. The molecular weight excluding hydrogens is 202 g/mol. The van der Waals surface area contributed by atoms with Crippen LogP contribution in [0.4, 0.5) is 0 Å². The maximum atomic E-state index is 11.0. The molecule has 4 heteroatoms. The monoisotopic (exact) mass is 227 g/mol. The number of amides is 1. The number of nitrogens with zero attached hydrogens (tertiary/aromatic N) is 2. The van der Waals surface area contributed by atoms with E-state index in [0.29, 0.717) is 6.42 Å². The number of carbonyl (C=O) groups is 1. The zero-order valence-electron chi connectivity index (χ0n) is 10.7. The van der Waals surface area contributed by atoms with Crippen LogP contribution in [-0.4, -0.2) is 61.5 Å². The summed E-state index contributed by atoms with van der Waals surface area (Å²) in [7, 11) is 0. The third-order valence-corrected chi connectivity index (χ3v) is 3.21. The highest BCUT2D eigenvalue weighted by atomic mass is 16.1. The number of rotatable bonds is 6. The molecule has 1 aliphatic rings. The van der Waals surface area contributed by atoms with E-state index >= 15 is 0 Å². The second kappa shape index (κ2) is 7.63. The third-order valence-electron chi connectivity index (χ3n) is 3.21. The lowest BCUT2D eigenvalue weighted by Gasteiger charge is -2.33. The van der Waals surface area contributed by atoms with Gasteiger partial charge in [-0.1, -0.05) is 13.8 Å². The van der Waals surface area contributed by atoms with Gasteiger partial charge in [-0.15, -0.1) is 0 Å². The van der Waals surface area contributed by atoms with Crippen LogP contribution in [0, 0.1) is 0 Å². The highest BCUT2D eigenvalue weighted by Crippen LogP contribution is 2.01. The second-order valence-electron chi connectivity index (χ2n) is 4.33. The Morgan fingerprint density at radius 1 is 1.12 bits per heavy atom. The fraction of sp³-hybridized carbons (Fsp3) is 0.917. The lowest BCUT2D eigenvalue weighted by molar-refractivity contribution is -0.120. The molecule has 1 fully saturated rings. The maximum Gasteiger partial charge on any atom is 0.219 e. The average molecular weight is 227 g/mol. The van der Waals surface area contributed by atoms with Gasteiger partial charge in [0, 0.05) is 39.1 Å². The summed E-state index contributed by atoms with van der Waals surface area (Å²) in [5.74, 6) is 0.163. The van der Waals surface area contributed by atoms with Gasteiger partial charge < -0.3 is 15.1 Å². The van der Waals surface area contributed by atoms with Crippen LogP contribution in [0.3, 0.4) is 0 Å². The van der Waals surface area contributed by atoms with E-state index < -0.39 is 0 Å². The van der Waals surface area contributed by atoms with Crippen molar-refractivity contribution in [2.24, 2.45) is 0 Å². The molecule has 94 valence electrons.